The van der Waals surface area contributed by atoms with Crippen LogP contribution in [0, 0.1) is 0 Å². The normalized spacial score (nSPS) is 32.3. The lowest BCUT2D eigenvalue weighted by Gasteiger charge is -2.35. The summed E-state index contributed by atoms with van der Waals surface area (Å²) in [7, 11) is 0. The first kappa shape index (κ1) is 13.8. The number of amides is 2. The fourth-order valence-corrected chi connectivity index (χ4v) is 3.36. The molecule has 112 valence electrons. The van der Waals surface area contributed by atoms with Gasteiger partial charge in [0, 0.05) is 6.04 Å². The second kappa shape index (κ2) is 6.07. The Morgan fingerprint density at radius 2 is 2.10 bits per heavy atom. The van der Waals surface area contributed by atoms with Gasteiger partial charge in [0.25, 0.3) is 5.91 Å². The highest BCUT2D eigenvalue weighted by atomic mass is 16.7. The molecule has 0 aromatic heterocycles. The third-order valence-electron chi connectivity index (χ3n) is 4.43. The Morgan fingerprint density at radius 3 is 2.80 bits per heavy atom. The molecule has 3 N–H and O–H groups in total. The Morgan fingerprint density at radius 1 is 1.30 bits per heavy atom. The summed E-state index contributed by atoms with van der Waals surface area (Å²) < 4.78 is 0. The Bertz CT molecular complexity index is 384. The molecule has 3 saturated heterocycles. The van der Waals surface area contributed by atoms with Crippen LogP contribution in [0.25, 0.3) is 0 Å². The molecule has 2 amide bonds. The lowest BCUT2D eigenvalue weighted by molar-refractivity contribution is -0.131. The van der Waals surface area contributed by atoms with E-state index in [1.165, 1.54) is 0 Å². The molecule has 0 saturated carbocycles. The predicted octanol–water partition coefficient (Wildman–Crippen LogP) is -1.25. The molecule has 0 aromatic carbocycles. The van der Waals surface area contributed by atoms with E-state index in [0.717, 1.165) is 45.3 Å². The van der Waals surface area contributed by atoms with E-state index < -0.39 is 6.04 Å². The van der Waals surface area contributed by atoms with Gasteiger partial charge in [0.1, 0.15) is 12.6 Å². The van der Waals surface area contributed by atoms with Gasteiger partial charge in [-0.2, -0.15) is 0 Å². The number of likely N-dealkylation sites (tertiary alicyclic amines) is 1. The van der Waals surface area contributed by atoms with Gasteiger partial charge in [-0.3, -0.25) is 19.3 Å². The predicted molar refractivity (Wildman–Crippen MR) is 71.6 cm³/mol. The van der Waals surface area contributed by atoms with E-state index in [9.17, 15) is 9.59 Å². The summed E-state index contributed by atoms with van der Waals surface area (Å²) in [5, 5.41) is 6.16. The maximum absolute atomic E-state index is 12.4. The number of hydroxylamine groups is 1. The summed E-state index contributed by atoms with van der Waals surface area (Å²) in [6, 6.07) is -0.146. The fourth-order valence-electron chi connectivity index (χ4n) is 3.36. The van der Waals surface area contributed by atoms with Gasteiger partial charge in [0.15, 0.2) is 0 Å². The zero-order chi connectivity index (χ0) is 13.9. The van der Waals surface area contributed by atoms with Crippen molar-refractivity contribution in [3.63, 3.8) is 0 Å². The van der Waals surface area contributed by atoms with Crippen molar-refractivity contribution in [2.24, 2.45) is 0 Å². The first-order valence-electron chi connectivity index (χ1n) is 7.44. The number of nitrogens with zero attached hydrogens (tertiary/aromatic N) is 1. The lowest BCUT2D eigenvalue weighted by Crippen LogP contribution is -2.53. The summed E-state index contributed by atoms with van der Waals surface area (Å²) >= 11 is 0. The third-order valence-corrected chi connectivity index (χ3v) is 4.43. The van der Waals surface area contributed by atoms with Gasteiger partial charge >= 0.3 is 0 Å². The minimum atomic E-state index is -0.544. The van der Waals surface area contributed by atoms with Gasteiger partial charge in [-0.1, -0.05) is 0 Å². The molecular weight excluding hydrogens is 260 g/mol. The SMILES string of the molecule is O=C(N[C@@H]1CONC1=O)C1CCCN1C1CCNCC1. The number of nitrogens with one attached hydrogen (secondary N) is 3. The molecule has 3 fully saturated rings. The summed E-state index contributed by atoms with van der Waals surface area (Å²) in [6.07, 6.45) is 4.12. The molecular formula is C13H22N4O3. The van der Waals surface area contributed by atoms with E-state index in [2.05, 4.69) is 21.0 Å². The van der Waals surface area contributed by atoms with Crippen LogP contribution in [-0.2, 0) is 14.4 Å². The molecule has 0 radical (unpaired) electrons. The smallest absolute Gasteiger partial charge is 0.268 e. The van der Waals surface area contributed by atoms with Crippen LogP contribution >= 0.6 is 0 Å². The van der Waals surface area contributed by atoms with Crippen molar-refractivity contribution in [1.82, 2.24) is 21.0 Å². The van der Waals surface area contributed by atoms with Crippen molar-refractivity contribution in [3.05, 3.63) is 0 Å². The summed E-state index contributed by atoms with van der Waals surface area (Å²) in [4.78, 5) is 31.0. The van der Waals surface area contributed by atoms with Gasteiger partial charge in [-0.25, -0.2) is 5.48 Å². The third kappa shape index (κ3) is 2.79. The standard InChI is InChI=1S/C13H22N4O3/c18-12-10(8-20-16-12)15-13(19)11-2-1-7-17(11)9-3-5-14-6-4-9/h9-11,14H,1-8H2,(H,15,19)(H,16,18)/t10-,11?/m1/s1. The van der Waals surface area contributed by atoms with Crippen LogP contribution in [0.4, 0.5) is 0 Å². The largest absolute Gasteiger partial charge is 0.341 e. The van der Waals surface area contributed by atoms with Crippen LogP contribution in [0.5, 0.6) is 0 Å². The van der Waals surface area contributed by atoms with Gasteiger partial charge < -0.3 is 10.6 Å². The first-order valence-corrected chi connectivity index (χ1v) is 7.44. The van der Waals surface area contributed by atoms with E-state index in [0.29, 0.717) is 6.04 Å². The highest BCUT2D eigenvalue weighted by Gasteiger charge is 2.38. The van der Waals surface area contributed by atoms with Crippen molar-refractivity contribution in [3.8, 4) is 0 Å². The van der Waals surface area contributed by atoms with E-state index in [1.807, 2.05) is 0 Å². The molecule has 0 bridgehead atoms. The van der Waals surface area contributed by atoms with Crippen molar-refractivity contribution in [1.29, 1.82) is 0 Å². The number of piperidine rings is 1. The molecule has 1 unspecified atom stereocenters. The quantitative estimate of drug-likeness (QED) is 0.602. The molecule has 0 aromatic rings. The molecule has 3 heterocycles. The minimum Gasteiger partial charge on any atom is -0.341 e. The van der Waals surface area contributed by atoms with E-state index >= 15 is 0 Å². The summed E-state index contributed by atoms with van der Waals surface area (Å²) in [5.74, 6) is -0.295. The number of hydrogen-bond acceptors (Lipinski definition) is 5. The molecule has 3 aliphatic heterocycles. The average molecular weight is 282 g/mol. The molecule has 0 spiro atoms. The van der Waals surface area contributed by atoms with Gasteiger partial charge in [0.2, 0.25) is 5.91 Å². The number of carbonyl (C=O) groups is 2. The monoisotopic (exact) mass is 282 g/mol. The molecule has 2 atom stereocenters. The summed E-state index contributed by atoms with van der Waals surface area (Å²) in [6.45, 7) is 3.24. The lowest BCUT2D eigenvalue weighted by atomic mass is 10.0. The fraction of sp³-hybridized carbons (Fsp3) is 0.846. The zero-order valence-electron chi connectivity index (χ0n) is 11.6. The van der Waals surface area contributed by atoms with E-state index in [4.69, 9.17) is 4.84 Å². The highest BCUT2D eigenvalue weighted by molar-refractivity contribution is 5.90. The Kier molecular flexibility index (Phi) is 4.18. The van der Waals surface area contributed by atoms with E-state index in [-0.39, 0.29) is 24.5 Å². The molecule has 3 rings (SSSR count). The maximum Gasteiger partial charge on any atom is 0.268 e. The Hall–Kier alpha value is -1.18. The van der Waals surface area contributed by atoms with Crippen LogP contribution in [0.1, 0.15) is 25.7 Å². The second-order valence-corrected chi connectivity index (χ2v) is 5.72. The molecule has 3 aliphatic rings. The van der Waals surface area contributed by atoms with Crippen LogP contribution in [0.15, 0.2) is 0 Å². The second-order valence-electron chi connectivity index (χ2n) is 5.72. The van der Waals surface area contributed by atoms with E-state index in [1.54, 1.807) is 0 Å². The highest BCUT2D eigenvalue weighted by Crippen LogP contribution is 2.24. The van der Waals surface area contributed by atoms with Crippen LogP contribution in [0.2, 0.25) is 0 Å². The van der Waals surface area contributed by atoms with Crippen molar-refractivity contribution in [2.75, 3.05) is 26.2 Å². The maximum atomic E-state index is 12.4. The Labute approximate surface area is 118 Å². The van der Waals surface area contributed by atoms with Gasteiger partial charge in [0.05, 0.1) is 6.04 Å². The number of rotatable bonds is 3. The number of carbonyl (C=O) groups excluding carboxylic acids is 2. The van der Waals surface area contributed by atoms with Gasteiger partial charge in [-0.15, -0.1) is 0 Å². The van der Waals surface area contributed by atoms with Crippen molar-refractivity contribution >= 4 is 11.8 Å². The minimum absolute atomic E-state index is 0.0355. The van der Waals surface area contributed by atoms with Crippen LogP contribution in [-0.4, -0.2) is 61.1 Å². The van der Waals surface area contributed by atoms with Crippen molar-refractivity contribution in [2.45, 2.75) is 43.8 Å². The Balaban J connectivity index is 1.59. The molecule has 7 nitrogen and oxygen atoms in total. The molecule has 20 heavy (non-hydrogen) atoms. The van der Waals surface area contributed by atoms with Gasteiger partial charge in [-0.05, 0) is 45.3 Å². The first-order chi connectivity index (χ1) is 9.75. The van der Waals surface area contributed by atoms with Crippen LogP contribution in [0.3, 0.4) is 0 Å². The van der Waals surface area contributed by atoms with Crippen molar-refractivity contribution < 1.29 is 14.4 Å². The van der Waals surface area contributed by atoms with Crippen LogP contribution < -0.4 is 16.1 Å². The topological polar surface area (TPSA) is 82.7 Å². The summed E-state index contributed by atoms with van der Waals surface area (Å²) in [5.41, 5.74) is 2.26. The average Bonchev–Trinajstić information content (AvgIpc) is 3.09. The molecule has 7 heteroatoms. The number of hydrogen-bond donors (Lipinski definition) is 3. The molecule has 0 aliphatic carbocycles. The zero-order valence-corrected chi connectivity index (χ0v) is 11.6.